The van der Waals surface area contributed by atoms with Gasteiger partial charge in [0, 0.05) is 12.0 Å². The minimum Gasteiger partial charge on any atom is -0.328 e. The fourth-order valence-corrected chi connectivity index (χ4v) is 2.80. The van der Waals surface area contributed by atoms with Crippen LogP contribution in [0.5, 0.6) is 0 Å². The van der Waals surface area contributed by atoms with Gasteiger partial charge in [-0.3, -0.25) is 4.79 Å². The molecule has 5 heteroatoms. The molecule has 2 atom stereocenters. The SMILES string of the molecule is NC1CCCC(C(=O)Nc2c(Cl)cccc2Cl)C1. The van der Waals surface area contributed by atoms with Crippen LogP contribution < -0.4 is 11.1 Å². The Morgan fingerprint density at radius 1 is 1.28 bits per heavy atom. The zero-order valence-corrected chi connectivity index (χ0v) is 11.5. The smallest absolute Gasteiger partial charge is 0.227 e. The summed E-state index contributed by atoms with van der Waals surface area (Å²) < 4.78 is 0. The lowest BCUT2D eigenvalue weighted by Crippen LogP contribution is -2.34. The van der Waals surface area contributed by atoms with Gasteiger partial charge in [-0.15, -0.1) is 0 Å². The molecule has 3 N–H and O–H groups in total. The van der Waals surface area contributed by atoms with Gasteiger partial charge in [-0.25, -0.2) is 0 Å². The molecule has 1 aromatic carbocycles. The molecule has 0 bridgehead atoms. The van der Waals surface area contributed by atoms with Crippen LogP contribution in [-0.2, 0) is 4.79 Å². The number of halogens is 2. The van der Waals surface area contributed by atoms with E-state index in [0.29, 0.717) is 15.7 Å². The lowest BCUT2D eigenvalue weighted by atomic mass is 9.85. The van der Waals surface area contributed by atoms with Crippen molar-refractivity contribution in [1.82, 2.24) is 0 Å². The van der Waals surface area contributed by atoms with Crippen molar-refractivity contribution >= 4 is 34.8 Å². The Bertz CT molecular complexity index is 430. The van der Waals surface area contributed by atoms with Crippen LogP contribution in [0.15, 0.2) is 18.2 Å². The molecule has 98 valence electrons. The van der Waals surface area contributed by atoms with E-state index in [2.05, 4.69) is 5.32 Å². The van der Waals surface area contributed by atoms with E-state index in [4.69, 9.17) is 28.9 Å². The highest BCUT2D eigenvalue weighted by atomic mass is 35.5. The fourth-order valence-electron chi connectivity index (χ4n) is 2.31. The molecule has 0 aliphatic heterocycles. The Morgan fingerprint density at radius 3 is 2.56 bits per heavy atom. The number of benzene rings is 1. The second-order valence-corrected chi connectivity index (χ2v) is 5.52. The third-order valence-corrected chi connectivity index (χ3v) is 3.93. The Kier molecular flexibility index (Phi) is 4.49. The van der Waals surface area contributed by atoms with Crippen LogP contribution in [0.25, 0.3) is 0 Å². The summed E-state index contributed by atoms with van der Waals surface area (Å²) in [5.41, 5.74) is 6.37. The summed E-state index contributed by atoms with van der Waals surface area (Å²) in [5.74, 6) is -0.0822. The van der Waals surface area contributed by atoms with Crippen molar-refractivity contribution in [2.24, 2.45) is 11.7 Å². The normalized spacial score (nSPS) is 23.7. The zero-order valence-electron chi connectivity index (χ0n) is 9.96. The number of carbonyl (C=O) groups is 1. The van der Waals surface area contributed by atoms with Gasteiger partial charge < -0.3 is 11.1 Å². The summed E-state index contributed by atoms with van der Waals surface area (Å²) in [7, 11) is 0. The molecule has 3 nitrogen and oxygen atoms in total. The predicted octanol–water partition coefficient (Wildman–Crippen LogP) is 3.45. The van der Waals surface area contributed by atoms with Gasteiger partial charge in [0.1, 0.15) is 0 Å². The minimum absolute atomic E-state index is 0.0407. The first-order valence-electron chi connectivity index (χ1n) is 6.08. The Labute approximate surface area is 117 Å². The second-order valence-electron chi connectivity index (χ2n) is 4.71. The molecule has 0 heterocycles. The maximum Gasteiger partial charge on any atom is 0.227 e. The molecular formula is C13H16Cl2N2O. The molecule has 1 aromatic rings. The molecule has 0 spiro atoms. The maximum absolute atomic E-state index is 12.1. The van der Waals surface area contributed by atoms with Gasteiger partial charge in [0.05, 0.1) is 15.7 Å². The van der Waals surface area contributed by atoms with Crippen LogP contribution in [-0.4, -0.2) is 11.9 Å². The summed E-state index contributed by atoms with van der Waals surface area (Å²) in [4.78, 5) is 12.1. The highest BCUT2D eigenvalue weighted by Gasteiger charge is 2.26. The molecule has 1 amide bonds. The molecule has 1 fully saturated rings. The van der Waals surface area contributed by atoms with Crippen molar-refractivity contribution in [3.8, 4) is 0 Å². The third-order valence-electron chi connectivity index (χ3n) is 3.30. The highest BCUT2D eigenvalue weighted by molar-refractivity contribution is 6.39. The number of hydrogen-bond acceptors (Lipinski definition) is 2. The van der Waals surface area contributed by atoms with Crippen molar-refractivity contribution in [3.05, 3.63) is 28.2 Å². The largest absolute Gasteiger partial charge is 0.328 e. The molecule has 2 unspecified atom stereocenters. The maximum atomic E-state index is 12.1. The highest BCUT2D eigenvalue weighted by Crippen LogP contribution is 2.31. The summed E-state index contributed by atoms with van der Waals surface area (Å²) in [5, 5.41) is 3.72. The van der Waals surface area contributed by atoms with Gasteiger partial charge in [0.2, 0.25) is 5.91 Å². The number of hydrogen-bond donors (Lipinski definition) is 2. The Balaban J connectivity index is 2.07. The molecule has 1 aliphatic rings. The van der Waals surface area contributed by atoms with E-state index >= 15 is 0 Å². The van der Waals surface area contributed by atoms with E-state index in [1.54, 1.807) is 18.2 Å². The zero-order chi connectivity index (χ0) is 13.1. The molecule has 2 rings (SSSR count). The molecule has 0 aromatic heterocycles. The molecule has 1 aliphatic carbocycles. The van der Waals surface area contributed by atoms with E-state index in [1.807, 2.05) is 0 Å². The van der Waals surface area contributed by atoms with Crippen molar-refractivity contribution < 1.29 is 4.79 Å². The van der Waals surface area contributed by atoms with Crippen LogP contribution >= 0.6 is 23.2 Å². The molecule has 1 saturated carbocycles. The van der Waals surface area contributed by atoms with Gasteiger partial charge in [0.25, 0.3) is 0 Å². The fraction of sp³-hybridized carbons (Fsp3) is 0.462. The Hall–Kier alpha value is -0.770. The topological polar surface area (TPSA) is 55.1 Å². The second kappa shape index (κ2) is 5.91. The van der Waals surface area contributed by atoms with Crippen molar-refractivity contribution in [2.75, 3.05) is 5.32 Å². The van der Waals surface area contributed by atoms with E-state index in [1.165, 1.54) is 0 Å². The van der Waals surface area contributed by atoms with Crippen molar-refractivity contribution in [1.29, 1.82) is 0 Å². The van der Waals surface area contributed by atoms with E-state index in [-0.39, 0.29) is 17.9 Å². The average Bonchev–Trinajstić information content (AvgIpc) is 2.34. The number of anilines is 1. The first-order valence-corrected chi connectivity index (χ1v) is 6.84. The van der Waals surface area contributed by atoms with Gasteiger partial charge in [-0.05, 0) is 31.4 Å². The van der Waals surface area contributed by atoms with Crippen LogP contribution in [0.3, 0.4) is 0 Å². The summed E-state index contributed by atoms with van der Waals surface area (Å²) in [6.45, 7) is 0. The molecular weight excluding hydrogens is 271 g/mol. The number of nitrogens with one attached hydrogen (secondary N) is 1. The summed E-state index contributed by atoms with van der Waals surface area (Å²) in [6, 6.07) is 5.28. The van der Waals surface area contributed by atoms with Crippen molar-refractivity contribution in [2.45, 2.75) is 31.7 Å². The van der Waals surface area contributed by atoms with Crippen LogP contribution in [0.2, 0.25) is 10.0 Å². The molecule has 18 heavy (non-hydrogen) atoms. The van der Waals surface area contributed by atoms with Crippen LogP contribution in [0.1, 0.15) is 25.7 Å². The van der Waals surface area contributed by atoms with Crippen LogP contribution in [0.4, 0.5) is 5.69 Å². The standard InChI is InChI=1S/C13H16Cl2N2O/c14-10-5-2-6-11(15)12(10)17-13(18)8-3-1-4-9(16)7-8/h2,5-6,8-9H,1,3-4,7,16H2,(H,17,18). The summed E-state index contributed by atoms with van der Waals surface area (Å²) >= 11 is 12.0. The minimum atomic E-state index is -0.0415. The quantitative estimate of drug-likeness (QED) is 0.875. The van der Waals surface area contributed by atoms with Gasteiger partial charge in [-0.2, -0.15) is 0 Å². The van der Waals surface area contributed by atoms with Gasteiger partial charge in [0.15, 0.2) is 0 Å². The molecule has 0 radical (unpaired) electrons. The number of carbonyl (C=O) groups excluding carboxylic acids is 1. The average molecular weight is 287 g/mol. The van der Waals surface area contributed by atoms with Crippen LogP contribution in [0, 0.1) is 5.92 Å². The van der Waals surface area contributed by atoms with Gasteiger partial charge >= 0.3 is 0 Å². The lowest BCUT2D eigenvalue weighted by molar-refractivity contribution is -0.120. The third kappa shape index (κ3) is 3.16. The monoisotopic (exact) mass is 286 g/mol. The first kappa shape index (κ1) is 13.7. The van der Waals surface area contributed by atoms with E-state index in [9.17, 15) is 4.79 Å². The van der Waals surface area contributed by atoms with Gasteiger partial charge in [-0.1, -0.05) is 35.7 Å². The first-order chi connectivity index (χ1) is 8.58. The van der Waals surface area contributed by atoms with E-state index < -0.39 is 0 Å². The molecule has 0 saturated heterocycles. The summed E-state index contributed by atoms with van der Waals surface area (Å²) in [6.07, 6.45) is 3.60. The van der Waals surface area contributed by atoms with Crippen molar-refractivity contribution in [3.63, 3.8) is 0 Å². The van der Waals surface area contributed by atoms with E-state index in [0.717, 1.165) is 25.7 Å². The predicted molar refractivity (Wildman–Crippen MR) is 75.0 cm³/mol. The number of rotatable bonds is 2. The number of nitrogens with two attached hydrogens (primary N) is 1. The number of para-hydroxylation sites is 1. The lowest BCUT2D eigenvalue weighted by Gasteiger charge is -2.25. The number of amides is 1. The Morgan fingerprint density at radius 2 is 1.94 bits per heavy atom.